The zero-order valence-corrected chi connectivity index (χ0v) is 29.2. The van der Waals surface area contributed by atoms with Gasteiger partial charge in [-0.25, -0.2) is 0 Å². The van der Waals surface area contributed by atoms with Crippen LogP contribution in [0.1, 0.15) is 161 Å². The second-order valence-corrected chi connectivity index (χ2v) is 17.0. The van der Waals surface area contributed by atoms with Crippen LogP contribution in [0.5, 0.6) is 0 Å². The van der Waals surface area contributed by atoms with Crippen molar-refractivity contribution < 1.29 is 14.4 Å². The van der Waals surface area contributed by atoms with Crippen LogP contribution in [0.4, 0.5) is 0 Å². The van der Waals surface area contributed by atoms with Gasteiger partial charge in [-0.05, 0) is 90.4 Å². The van der Waals surface area contributed by atoms with Gasteiger partial charge >= 0.3 is 0 Å². The lowest BCUT2D eigenvalue weighted by Crippen LogP contribution is -2.57. The summed E-state index contributed by atoms with van der Waals surface area (Å²) in [5, 5.41) is 5.59. The van der Waals surface area contributed by atoms with E-state index >= 15 is 0 Å². The van der Waals surface area contributed by atoms with E-state index in [0.717, 1.165) is 38.5 Å². The molecule has 4 saturated carbocycles. The molecule has 4 fully saturated rings. The number of Topliss-reactive ketones (excluding diaryl/α,β-unsaturated/α-hetero) is 2. The van der Waals surface area contributed by atoms with Crippen LogP contribution in [0.15, 0.2) is 17.5 Å². The highest BCUT2D eigenvalue weighted by atomic mass is 32.1. The van der Waals surface area contributed by atoms with Crippen LogP contribution in [0.3, 0.4) is 0 Å². The first-order valence-corrected chi connectivity index (χ1v) is 19.4. The zero-order valence-electron chi connectivity index (χ0n) is 28.3. The van der Waals surface area contributed by atoms with Crippen LogP contribution < -0.4 is 5.32 Å². The first kappa shape index (κ1) is 33.9. The van der Waals surface area contributed by atoms with E-state index in [4.69, 9.17) is 0 Å². The summed E-state index contributed by atoms with van der Waals surface area (Å²) in [4.78, 5) is 40.9. The Bertz CT molecular complexity index is 1110. The molecule has 0 aliphatic heterocycles. The van der Waals surface area contributed by atoms with E-state index in [2.05, 4.69) is 50.5 Å². The number of thiophene rings is 1. The number of carbonyl (C=O) groups excluding carboxylic acids is 3. The Morgan fingerprint density at radius 2 is 1.64 bits per heavy atom. The first-order valence-electron chi connectivity index (χ1n) is 18.5. The molecule has 246 valence electrons. The van der Waals surface area contributed by atoms with Crippen molar-refractivity contribution in [2.45, 2.75) is 156 Å². The minimum absolute atomic E-state index is 0.123. The van der Waals surface area contributed by atoms with Gasteiger partial charge in [0.2, 0.25) is 5.91 Å². The number of amides is 1. The SMILES string of the molecule is CCCCCCCCCCCC(NC(=O)C[C@@H](C)[C@H]1CC[C@H]2[C@@H]3C(=O)C[C@@H]4CC(=O)CC[C@]4(C)[C@H]3CC[C@]12C)c1cccs1. The average Bonchev–Trinajstić information content (AvgIpc) is 3.65. The molecule has 1 unspecified atom stereocenters. The molecule has 0 radical (unpaired) electrons. The summed E-state index contributed by atoms with van der Waals surface area (Å²) in [6.45, 7) is 9.45. The summed E-state index contributed by atoms with van der Waals surface area (Å²) in [5.41, 5.74) is 0.275. The molecular formula is C39H61NO3S. The van der Waals surface area contributed by atoms with E-state index in [9.17, 15) is 14.4 Å². The van der Waals surface area contributed by atoms with Crippen molar-refractivity contribution >= 4 is 28.8 Å². The Kier molecular flexibility index (Phi) is 11.5. The van der Waals surface area contributed by atoms with Crippen LogP contribution in [-0.2, 0) is 14.4 Å². The maximum atomic E-state index is 13.7. The van der Waals surface area contributed by atoms with E-state index in [-0.39, 0.29) is 34.6 Å². The molecule has 9 atom stereocenters. The average molecular weight is 624 g/mol. The van der Waals surface area contributed by atoms with E-state index in [1.54, 1.807) is 11.3 Å². The highest BCUT2D eigenvalue weighted by molar-refractivity contribution is 7.10. The standard InChI is InChI=1S/C39H61NO3S/c1-5-6-7-8-9-10-11-12-13-15-33(35-16-14-23-44-35)40-36(43)24-27(2)30-17-18-31-37-32(20-22-39(30,31)4)38(3)21-19-29(41)25-28(38)26-34(37)42/h14,16,23,27-28,30-33,37H,5-13,15,17-22,24-26H2,1-4H3,(H,40,43)/t27-,28+,30-,31+,32+,33?,37+,38+,39-/m1/s1. The summed E-state index contributed by atoms with van der Waals surface area (Å²) in [6, 6.07) is 4.41. The van der Waals surface area contributed by atoms with Crippen molar-refractivity contribution in [3.05, 3.63) is 22.4 Å². The minimum atomic E-state index is 0.123. The molecular weight excluding hydrogens is 563 g/mol. The topological polar surface area (TPSA) is 63.2 Å². The van der Waals surface area contributed by atoms with Gasteiger partial charge in [-0.15, -0.1) is 11.3 Å². The number of hydrogen-bond acceptors (Lipinski definition) is 4. The molecule has 0 spiro atoms. The molecule has 0 saturated heterocycles. The molecule has 5 heteroatoms. The number of carbonyl (C=O) groups is 3. The second-order valence-electron chi connectivity index (χ2n) is 16.0. The summed E-state index contributed by atoms with van der Waals surface area (Å²) >= 11 is 1.76. The fourth-order valence-electron chi connectivity index (χ4n) is 10.8. The van der Waals surface area contributed by atoms with E-state index in [1.165, 1.54) is 62.7 Å². The molecule has 1 aromatic rings. The van der Waals surface area contributed by atoms with Gasteiger partial charge in [-0.2, -0.15) is 0 Å². The van der Waals surface area contributed by atoms with Crippen LogP contribution in [0.2, 0.25) is 0 Å². The van der Waals surface area contributed by atoms with Crippen LogP contribution in [-0.4, -0.2) is 17.5 Å². The number of ketones is 2. The lowest BCUT2D eigenvalue weighted by Gasteiger charge is -2.59. The number of hydrogen-bond donors (Lipinski definition) is 1. The number of rotatable bonds is 15. The Labute approximate surface area is 272 Å². The van der Waals surface area contributed by atoms with Crippen molar-refractivity contribution in [3.63, 3.8) is 0 Å². The number of nitrogens with one attached hydrogen (secondary N) is 1. The van der Waals surface area contributed by atoms with Crippen molar-refractivity contribution in [1.29, 1.82) is 0 Å². The minimum Gasteiger partial charge on any atom is -0.348 e. The van der Waals surface area contributed by atoms with Gasteiger partial charge in [-0.3, -0.25) is 14.4 Å². The molecule has 1 amide bonds. The first-order chi connectivity index (χ1) is 21.2. The van der Waals surface area contributed by atoms with Crippen molar-refractivity contribution in [2.24, 2.45) is 46.3 Å². The molecule has 1 N–H and O–H groups in total. The maximum Gasteiger partial charge on any atom is 0.220 e. The predicted molar refractivity (Wildman–Crippen MR) is 181 cm³/mol. The molecule has 1 aromatic heterocycles. The third kappa shape index (κ3) is 7.23. The molecule has 44 heavy (non-hydrogen) atoms. The lowest BCUT2D eigenvalue weighted by atomic mass is 9.44. The van der Waals surface area contributed by atoms with Gasteiger partial charge in [0.25, 0.3) is 0 Å². The fraction of sp³-hybridized carbons (Fsp3) is 0.821. The normalized spacial score (nSPS) is 34.6. The Hall–Kier alpha value is -1.49. The number of unbranched alkanes of at least 4 members (excludes halogenated alkanes) is 8. The number of fused-ring (bicyclic) bond motifs is 5. The van der Waals surface area contributed by atoms with Crippen LogP contribution in [0.25, 0.3) is 0 Å². The van der Waals surface area contributed by atoms with Gasteiger partial charge < -0.3 is 5.32 Å². The molecule has 4 aliphatic carbocycles. The largest absolute Gasteiger partial charge is 0.348 e. The third-order valence-corrected chi connectivity index (χ3v) is 14.4. The van der Waals surface area contributed by atoms with Gasteiger partial charge in [0.15, 0.2) is 0 Å². The molecule has 4 nitrogen and oxygen atoms in total. The van der Waals surface area contributed by atoms with Gasteiger partial charge in [0.1, 0.15) is 11.6 Å². The molecule has 0 aromatic carbocycles. The summed E-state index contributed by atoms with van der Waals surface area (Å²) in [7, 11) is 0. The monoisotopic (exact) mass is 623 g/mol. The Morgan fingerprint density at radius 3 is 2.34 bits per heavy atom. The van der Waals surface area contributed by atoms with Gasteiger partial charge in [0.05, 0.1) is 6.04 Å². The molecule has 1 heterocycles. The van der Waals surface area contributed by atoms with Crippen LogP contribution >= 0.6 is 11.3 Å². The van der Waals surface area contributed by atoms with Gasteiger partial charge in [0, 0.05) is 36.5 Å². The lowest BCUT2D eigenvalue weighted by molar-refractivity contribution is -0.159. The molecule has 4 aliphatic rings. The van der Waals surface area contributed by atoms with Crippen LogP contribution in [0, 0.1) is 46.3 Å². The second kappa shape index (κ2) is 14.9. The van der Waals surface area contributed by atoms with Crippen molar-refractivity contribution in [3.8, 4) is 0 Å². The van der Waals surface area contributed by atoms with Gasteiger partial charge in [-0.1, -0.05) is 91.5 Å². The summed E-state index contributed by atoms with van der Waals surface area (Å²) in [5.74, 6) is 3.10. The van der Waals surface area contributed by atoms with E-state index in [1.807, 2.05) is 0 Å². The predicted octanol–water partition coefficient (Wildman–Crippen LogP) is 10.3. The molecule has 0 bridgehead atoms. The summed E-state index contributed by atoms with van der Waals surface area (Å²) in [6.07, 6.45) is 20.9. The maximum absolute atomic E-state index is 13.7. The van der Waals surface area contributed by atoms with E-state index < -0.39 is 0 Å². The van der Waals surface area contributed by atoms with Crippen molar-refractivity contribution in [2.75, 3.05) is 0 Å². The Morgan fingerprint density at radius 1 is 0.932 bits per heavy atom. The zero-order chi connectivity index (χ0) is 31.3. The fourth-order valence-corrected chi connectivity index (χ4v) is 11.6. The smallest absolute Gasteiger partial charge is 0.220 e. The Balaban J connectivity index is 1.14. The van der Waals surface area contributed by atoms with E-state index in [0.29, 0.717) is 60.9 Å². The van der Waals surface area contributed by atoms with Crippen molar-refractivity contribution in [1.82, 2.24) is 5.32 Å². The quantitative estimate of drug-likeness (QED) is 0.198. The molecule has 5 rings (SSSR count). The third-order valence-electron chi connectivity index (χ3n) is 13.4. The summed E-state index contributed by atoms with van der Waals surface area (Å²) < 4.78 is 0. The highest BCUT2D eigenvalue weighted by Gasteiger charge is 2.63. The highest BCUT2D eigenvalue weighted by Crippen LogP contribution is 2.67.